The van der Waals surface area contributed by atoms with Crippen molar-refractivity contribution in [2.75, 3.05) is 23.8 Å². The second-order valence-corrected chi connectivity index (χ2v) is 17.3. The lowest BCUT2D eigenvalue weighted by atomic mass is 9.55. The predicted octanol–water partition coefficient (Wildman–Crippen LogP) is 10.2. The van der Waals surface area contributed by atoms with Crippen LogP contribution < -0.4 is 21.7 Å². The Labute approximate surface area is 384 Å². The zero-order chi connectivity index (χ0) is 45.5. The number of Topliss-reactive ketones (excluding diaryl/α,β-unsaturated/α-hetero) is 1. The van der Waals surface area contributed by atoms with Crippen molar-refractivity contribution >= 4 is 93.0 Å². The molecule has 4 aromatic rings. The molecular formula is C46H48Cl4F2N6O5. The lowest BCUT2D eigenvalue weighted by molar-refractivity contribution is -0.146. The molecule has 334 valence electrons. The number of nitrogens with two attached hydrogens (primary N) is 1. The van der Waals surface area contributed by atoms with Crippen molar-refractivity contribution in [3.63, 3.8) is 0 Å². The molecular weight excluding hydrogens is 896 g/mol. The van der Waals surface area contributed by atoms with Crippen LogP contribution in [0, 0.1) is 11.6 Å². The average Bonchev–Trinajstić information content (AvgIpc) is 3.84. The van der Waals surface area contributed by atoms with Crippen LogP contribution in [0.2, 0.25) is 20.4 Å². The number of carbonyl (C=O) groups excluding carboxylic acids is 4. The van der Waals surface area contributed by atoms with Crippen molar-refractivity contribution in [1.29, 1.82) is 0 Å². The van der Waals surface area contributed by atoms with Crippen LogP contribution in [-0.4, -0.2) is 58.3 Å². The van der Waals surface area contributed by atoms with Crippen LogP contribution in [0.4, 0.5) is 20.2 Å². The van der Waals surface area contributed by atoms with E-state index in [0.717, 1.165) is 51.5 Å². The fourth-order valence-electron chi connectivity index (χ4n) is 9.29. The molecule has 2 saturated carbocycles. The summed E-state index contributed by atoms with van der Waals surface area (Å²) in [5.41, 5.74) is 6.12. The number of fused-ring (bicyclic) bond motifs is 4. The highest BCUT2D eigenvalue weighted by Crippen LogP contribution is 2.62. The van der Waals surface area contributed by atoms with Crippen LogP contribution >= 0.6 is 46.4 Å². The summed E-state index contributed by atoms with van der Waals surface area (Å²) in [6.07, 6.45) is 13.6. The number of nitrogens with zero attached hydrogens (tertiary/aromatic N) is 2. The number of rotatable bonds is 4. The van der Waals surface area contributed by atoms with Crippen LogP contribution in [0.5, 0.6) is 0 Å². The van der Waals surface area contributed by atoms with Crippen molar-refractivity contribution in [3.05, 3.63) is 115 Å². The van der Waals surface area contributed by atoms with E-state index in [9.17, 15) is 23.6 Å². The van der Waals surface area contributed by atoms with Gasteiger partial charge in [-0.25, -0.2) is 18.7 Å². The molecule has 5 N–H and O–H groups in total. The van der Waals surface area contributed by atoms with E-state index in [1.807, 2.05) is 13.0 Å². The number of hydrogen-bond donors (Lipinski definition) is 4. The Kier molecular flexibility index (Phi) is 16.0. The number of anilines is 2. The number of esters is 1. The molecule has 3 atom stereocenters. The lowest BCUT2D eigenvalue weighted by Crippen LogP contribution is -2.60. The smallest absolute Gasteiger partial charge is 0.323 e. The van der Waals surface area contributed by atoms with Gasteiger partial charge in [0.2, 0.25) is 5.91 Å². The third-order valence-corrected chi connectivity index (χ3v) is 12.8. The maximum atomic E-state index is 15.5. The number of aromatic nitrogens is 2. The maximum Gasteiger partial charge on any atom is 0.323 e. The van der Waals surface area contributed by atoms with Gasteiger partial charge in [-0.05, 0) is 92.8 Å². The summed E-state index contributed by atoms with van der Waals surface area (Å²) in [7, 11) is 0. The fourth-order valence-corrected chi connectivity index (χ4v) is 9.97. The van der Waals surface area contributed by atoms with Gasteiger partial charge in [0.15, 0.2) is 21.9 Å². The van der Waals surface area contributed by atoms with Crippen molar-refractivity contribution < 1.29 is 32.7 Å². The molecule has 2 spiro atoms. The van der Waals surface area contributed by atoms with Gasteiger partial charge in [0.1, 0.15) is 17.2 Å². The highest BCUT2D eigenvalue weighted by atomic mass is 35.5. The van der Waals surface area contributed by atoms with Gasteiger partial charge in [0, 0.05) is 69.1 Å². The summed E-state index contributed by atoms with van der Waals surface area (Å²) in [6, 6.07) is 12.3. The Hall–Kier alpha value is -4.50. The summed E-state index contributed by atoms with van der Waals surface area (Å²) in [5, 5.41) is 9.63. The van der Waals surface area contributed by atoms with Gasteiger partial charge in [0.05, 0.1) is 12.3 Å². The van der Waals surface area contributed by atoms with Crippen LogP contribution in [-0.2, 0) is 29.3 Å². The first-order valence-electron chi connectivity index (χ1n) is 20.9. The molecule has 2 aromatic heterocycles. The van der Waals surface area contributed by atoms with E-state index in [1.165, 1.54) is 37.0 Å². The molecule has 63 heavy (non-hydrogen) atoms. The Morgan fingerprint density at radius 3 is 2.06 bits per heavy atom. The van der Waals surface area contributed by atoms with Crippen LogP contribution in [0.25, 0.3) is 11.6 Å². The van der Waals surface area contributed by atoms with Crippen molar-refractivity contribution in [2.24, 2.45) is 5.73 Å². The number of nitrogens with one attached hydrogen (secondary N) is 3. The first-order chi connectivity index (χ1) is 30.2. The third kappa shape index (κ3) is 9.79. The van der Waals surface area contributed by atoms with Gasteiger partial charge in [-0.3, -0.25) is 24.5 Å². The van der Waals surface area contributed by atoms with Gasteiger partial charge in [0.25, 0.3) is 5.91 Å². The average molecular weight is 945 g/mol. The number of ether oxygens (including phenoxy) is 1. The van der Waals surface area contributed by atoms with Crippen molar-refractivity contribution in [3.8, 4) is 0 Å². The zero-order valence-electron chi connectivity index (χ0n) is 34.8. The normalized spacial score (nSPS) is 22.1. The van der Waals surface area contributed by atoms with Gasteiger partial charge >= 0.3 is 5.97 Å². The summed E-state index contributed by atoms with van der Waals surface area (Å²) in [5.74, 6) is -2.93. The minimum absolute atomic E-state index is 0.168. The number of benzene rings is 2. The molecule has 17 heteroatoms. The van der Waals surface area contributed by atoms with Gasteiger partial charge in [-0.2, -0.15) is 0 Å². The van der Waals surface area contributed by atoms with E-state index in [0.29, 0.717) is 56.7 Å². The first kappa shape index (κ1) is 48.0. The molecule has 2 amide bonds. The zero-order valence-corrected chi connectivity index (χ0v) is 37.8. The molecule has 3 aliphatic heterocycles. The van der Waals surface area contributed by atoms with Crippen LogP contribution in [0.1, 0.15) is 106 Å². The summed E-state index contributed by atoms with van der Waals surface area (Å²) in [4.78, 5) is 57.2. The molecule has 11 nitrogen and oxygen atoms in total. The number of hydrogen-bond acceptors (Lipinski definition) is 9. The second-order valence-electron chi connectivity index (χ2n) is 15.7. The first-order valence-corrected chi connectivity index (χ1v) is 22.4. The molecule has 9 rings (SSSR count). The minimum atomic E-state index is -1.25. The standard InChI is InChI=1S/C24H24Cl2FN3O3.C14H7Cl2FN2O.C6H10O.C2H7N/c1-2-33-21(31)19-17(14-8-11-28-20(26)18(14)27)24(23(30-19)9-4-3-5-10-23)15-7-6-13(25)12-16(15)29-22(24)32;15-8-1-2-9-10(14(20)19-11(9)6-8)5-7-3-4-18-13(16)12(7)17;7-6-4-2-1-3-5-6;1-2-3/h6-8,11-12,17,19,30H,2-5,9-10H2,1H3,(H,29,32);1-6H,(H,19,20);1-5H2;2-3H2,1H3/t17-,19+,24+;;;/m0.../s1. The highest BCUT2D eigenvalue weighted by Gasteiger charge is 2.72. The van der Waals surface area contributed by atoms with Gasteiger partial charge < -0.3 is 21.1 Å². The van der Waals surface area contributed by atoms with E-state index in [-0.39, 0.29) is 39.9 Å². The van der Waals surface area contributed by atoms with E-state index in [1.54, 1.807) is 37.3 Å². The van der Waals surface area contributed by atoms with Gasteiger partial charge in [-0.1, -0.05) is 91.1 Å². The van der Waals surface area contributed by atoms with Crippen LogP contribution in [0.3, 0.4) is 0 Å². The predicted molar refractivity (Wildman–Crippen MR) is 243 cm³/mol. The summed E-state index contributed by atoms with van der Waals surface area (Å²) < 4.78 is 34.7. The van der Waals surface area contributed by atoms with E-state index >= 15 is 4.39 Å². The SMILES string of the molecule is CCN.CCOC(=O)[C@@H]1NC2(CCCCC2)[C@@]2(C(=O)Nc3cc(Cl)ccc32)[C@H]1c1ccnc(Cl)c1F.O=C1CCCCC1.O=C1Nc2cc(Cl)ccc2C1=Cc1ccnc(Cl)c1F. The molecule has 2 aromatic carbocycles. The summed E-state index contributed by atoms with van der Waals surface area (Å²) in [6.45, 7) is 4.54. The summed E-state index contributed by atoms with van der Waals surface area (Å²) >= 11 is 23.8. The molecule has 5 aliphatic rings. The number of halogens is 6. The fraction of sp³-hybridized carbons (Fsp3) is 0.391. The maximum absolute atomic E-state index is 15.5. The molecule has 0 bridgehead atoms. The number of ketones is 1. The monoisotopic (exact) mass is 942 g/mol. The Morgan fingerprint density at radius 2 is 1.43 bits per heavy atom. The van der Waals surface area contributed by atoms with E-state index in [4.69, 9.17) is 56.9 Å². The Morgan fingerprint density at radius 1 is 0.825 bits per heavy atom. The topological polar surface area (TPSA) is 165 Å². The molecule has 3 fully saturated rings. The van der Waals surface area contributed by atoms with Gasteiger partial charge in [-0.15, -0.1) is 0 Å². The molecule has 1 saturated heterocycles. The highest BCUT2D eigenvalue weighted by molar-refractivity contribution is 6.37. The number of carbonyl (C=O) groups is 4. The second kappa shape index (κ2) is 21.0. The molecule has 2 aliphatic carbocycles. The molecule has 5 heterocycles. The number of amides is 2. The Balaban J connectivity index is 0.000000185. The number of pyridine rings is 2. The minimum Gasteiger partial charge on any atom is -0.465 e. The molecule has 0 radical (unpaired) electrons. The van der Waals surface area contributed by atoms with Crippen LogP contribution in [0.15, 0.2) is 60.9 Å². The molecule has 0 unspecified atom stereocenters. The van der Waals surface area contributed by atoms with E-state index < -0.39 is 40.5 Å². The third-order valence-electron chi connectivity index (χ3n) is 11.8. The van der Waals surface area contributed by atoms with Crippen molar-refractivity contribution in [1.82, 2.24) is 15.3 Å². The lowest BCUT2D eigenvalue weighted by Gasteiger charge is -2.47. The largest absolute Gasteiger partial charge is 0.465 e. The van der Waals surface area contributed by atoms with E-state index in [2.05, 4.69) is 25.9 Å². The van der Waals surface area contributed by atoms with Crippen molar-refractivity contribution in [2.45, 2.75) is 101 Å². The quantitative estimate of drug-likeness (QED) is 0.0885. The Bertz CT molecular complexity index is 2410.